The highest BCUT2D eigenvalue weighted by molar-refractivity contribution is 14.1. The molecule has 0 radical (unpaired) electrons. The van der Waals surface area contributed by atoms with Crippen molar-refractivity contribution in [3.05, 3.63) is 39.1 Å². The summed E-state index contributed by atoms with van der Waals surface area (Å²) in [4.78, 5) is 4.83. The van der Waals surface area contributed by atoms with Crippen LogP contribution in [0.15, 0.2) is 24.3 Å². The number of rotatable bonds is 0. The Morgan fingerprint density at radius 2 is 1.88 bits per heavy atom. The number of halogens is 1. The summed E-state index contributed by atoms with van der Waals surface area (Å²) in [6.45, 7) is 0. The van der Waals surface area contributed by atoms with Gasteiger partial charge in [0.2, 0.25) is 0 Å². The van der Waals surface area contributed by atoms with Crippen molar-refractivity contribution in [1.82, 2.24) is 4.98 Å². The summed E-state index contributed by atoms with van der Waals surface area (Å²) in [6, 6.07) is 8.88. The molecular formula is C14H14IN. The van der Waals surface area contributed by atoms with Crippen molar-refractivity contribution in [2.75, 3.05) is 0 Å². The molecule has 2 heteroatoms. The van der Waals surface area contributed by atoms with Gasteiger partial charge in [0.1, 0.15) is 0 Å². The van der Waals surface area contributed by atoms with Crippen molar-refractivity contribution in [2.45, 2.75) is 32.1 Å². The molecule has 0 bridgehead atoms. The van der Waals surface area contributed by atoms with Gasteiger partial charge >= 0.3 is 0 Å². The predicted octanol–water partition coefficient (Wildman–Crippen LogP) is 4.11. The fourth-order valence-corrected chi connectivity index (χ4v) is 2.92. The summed E-state index contributed by atoms with van der Waals surface area (Å²) in [5.41, 5.74) is 3.98. The number of benzene rings is 1. The maximum absolute atomic E-state index is 4.83. The Hall–Kier alpha value is -0.640. The number of fused-ring (bicyclic) bond motifs is 2. The van der Waals surface area contributed by atoms with Gasteiger partial charge in [-0.05, 0) is 72.0 Å². The van der Waals surface area contributed by atoms with Crippen LogP contribution in [0.3, 0.4) is 0 Å². The van der Waals surface area contributed by atoms with Crippen molar-refractivity contribution in [3.8, 4) is 0 Å². The molecule has 1 aliphatic carbocycles. The second-order valence-electron chi connectivity index (χ2n) is 4.49. The standard InChI is InChI=1S/C14H14IN/c15-12-7-6-11-8-10-4-2-1-3-5-13(10)16-14(11)9-12/h6-9H,1-5H2. The largest absolute Gasteiger partial charge is 0.253 e. The minimum Gasteiger partial charge on any atom is -0.253 e. The molecule has 3 rings (SSSR count). The van der Waals surface area contributed by atoms with Gasteiger partial charge in [0.15, 0.2) is 0 Å². The van der Waals surface area contributed by atoms with E-state index in [0.29, 0.717) is 0 Å². The quantitative estimate of drug-likeness (QED) is 0.525. The third-order valence-electron chi connectivity index (χ3n) is 3.31. The van der Waals surface area contributed by atoms with Gasteiger partial charge in [0.25, 0.3) is 0 Å². The lowest BCUT2D eigenvalue weighted by Crippen LogP contribution is -1.96. The van der Waals surface area contributed by atoms with E-state index >= 15 is 0 Å². The normalized spacial score (nSPS) is 15.8. The van der Waals surface area contributed by atoms with Crippen LogP contribution in [0.1, 0.15) is 30.5 Å². The molecule has 1 nitrogen and oxygen atoms in total. The van der Waals surface area contributed by atoms with Gasteiger partial charge in [-0.2, -0.15) is 0 Å². The lowest BCUT2D eigenvalue weighted by Gasteiger charge is -2.07. The van der Waals surface area contributed by atoms with E-state index < -0.39 is 0 Å². The van der Waals surface area contributed by atoms with Gasteiger partial charge in [-0.1, -0.05) is 12.5 Å². The third-order valence-corrected chi connectivity index (χ3v) is 3.98. The van der Waals surface area contributed by atoms with Gasteiger partial charge < -0.3 is 0 Å². The van der Waals surface area contributed by atoms with E-state index in [0.717, 1.165) is 11.9 Å². The van der Waals surface area contributed by atoms with Gasteiger partial charge in [0.05, 0.1) is 5.52 Å². The van der Waals surface area contributed by atoms with Gasteiger partial charge in [-0.25, -0.2) is 0 Å². The second kappa shape index (κ2) is 4.32. The van der Waals surface area contributed by atoms with Crippen LogP contribution >= 0.6 is 22.6 Å². The average Bonchev–Trinajstić information content (AvgIpc) is 2.50. The first kappa shape index (κ1) is 10.5. The monoisotopic (exact) mass is 323 g/mol. The number of aryl methyl sites for hydroxylation is 2. The molecule has 1 heterocycles. The molecule has 0 spiro atoms. The smallest absolute Gasteiger partial charge is 0.0716 e. The SMILES string of the molecule is Ic1ccc2cc3c(nc2c1)CCCCC3. The molecule has 2 aromatic rings. The molecule has 0 unspecified atom stereocenters. The summed E-state index contributed by atoms with van der Waals surface area (Å²) in [7, 11) is 0. The highest BCUT2D eigenvalue weighted by Gasteiger charge is 2.10. The first-order chi connectivity index (χ1) is 7.83. The van der Waals surface area contributed by atoms with Gasteiger partial charge in [-0.3, -0.25) is 4.98 Å². The lowest BCUT2D eigenvalue weighted by molar-refractivity contribution is 0.709. The molecule has 82 valence electrons. The minimum absolute atomic E-state index is 1.16. The van der Waals surface area contributed by atoms with Crippen molar-refractivity contribution in [1.29, 1.82) is 0 Å². The molecule has 0 amide bonds. The minimum atomic E-state index is 1.16. The molecule has 0 N–H and O–H groups in total. The zero-order valence-electron chi connectivity index (χ0n) is 9.17. The van der Waals surface area contributed by atoms with Crippen molar-refractivity contribution in [3.63, 3.8) is 0 Å². The molecular weight excluding hydrogens is 309 g/mol. The summed E-state index contributed by atoms with van der Waals surface area (Å²) < 4.78 is 1.27. The Morgan fingerprint density at radius 3 is 2.81 bits per heavy atom. The van der Waals surface area contributed by atoms with E-state index in [9.17, 15) is 0 Å². The van der Waals surface area contributed by atoms with Crippen molar-refractivity contribution < 1.29 is 0 Å². The highest BCUT2D eigenvalue weighted by atomic mass is 127. The number of hydrogen-bond donors (Lipinski definition) is 0. The van der Waals surface area contributed by atoms with Crippen LogP contribution in [0.5, 0.6) is 0 Å². The fourth-order valence-electron chi connectivity index (χ4n) is 2.44. The van der Waals surface area contributed by atoms with Crippen LogP contribution in [0, 0.1) is 3.57 Å². The predicted molar refractivity (Wildman–Crippen MR) is 75.7 cm³/mol. The second-order valence-corrected chi connectivity index (χ2v) is 5.74. The van der Waals surface area contributed by atoms with Gasteiger partial charge in [0, 0.05) is 14.7 Å². The maximum atomic E-state index is 4.83. The molecule has 0 saturated carbocycles. The summed E-state index contributed by atoms with van der Waals surface area (Å²) in [6.07, 6.45) is 6.35. The van der Waals surface area contributed by atoms with Gasteiger partial charge in [-0.15, -0.1) is 0 Å². The molecule has 16 heavy (non-hydrogen) atoms. The molecule has 0 atom stereocenters. The van der Waals surface area contributed by atoms with Crippen LogP contribution in [0.4, 0.5) is 0 Å². The Kier molecular flexibility index (Phi) is 2.84. The molecule has 0 fully saturated rings. The molecule has 1 aromatic heterocycles. The Bertz CT molecular complexity index is 533. The van der Waals surface area contributed by atoms with E-state index in [1.807, 2.05) is 0 Å². The topological polar surface area (TPSA) is 12.9 Å². The third kappa shape index (κ3) is 1.95. The molecule has 0 saturated heterocycles. The highest BCUT2D eigenvalue weighted by Crippen LogP contribution is 2.24. The van der Waals surface area contributed by atoms with E-state index in [-0.39, 0.29) is 0 Å². The lowest BCUT2D eigenvalue weighted by atomic mass is 10.1. The van der Waals surface area contributed by atoms with Crippen LogP contribution in [0.25, 0.3) is 10.9 Å². The van der Waals surface area contributed by atoms with E-state index in [1.165, 1.54) is 45.9 Å². The first-order valence-corrected chi connectivity index (χ1v) is 6.99. The number of hydrogen-bond acceptors (Lipinski definition) is 1. The maximum Gasteiger partial charge on any atom is 0.0716 e. The molecule has 1 aromatic carbocycles. The number of aromatic nitrogens is 1. The summed E-state index contributed by atoms with van der Waals surface area (Å²) in [5, 5.41) is 1.29. The van der Waals surface area contributed by atoms with E-state index in [4.69, 9.17) is 4.98 Å². The van der Waals surface area contributed by atoms with Crippen LogP contribution < -0.4 is 0 Å². The van der Waals surface area contributed by atoms with E-state index in [2.05, 4.69) is 46.9 Å². The van der Waals surface area contributed by atoms with Crippen molar-refractivity contribution in [2.24, 2.45) is 0 Å². The van der Waals surface area contributed by atoms with Crippen LogP contribution in [-0.4, -0.2) is 4.98 Å². The zero-order valence-corrected chi connectivity index (χ0v) is 11.3. The fraction of sp³-hybridized carbons (Fsp3) is 0.357. The number of nitrogens with zero attached hydrogens (tertiary/aromatic N) is 1. The Labute approximate surface area is 109 Å². The summed E-state index contributed by atoms with van der Waals surface area (Å²) in [5.74, 6) is 0. The Morgan fingerprint density at radius 1 is 1.00 bits per heavy atom. The van der Waals surface area contributed by atoms with Crippen LogP contribution in [0.2, 0.25) is 0 Å². The van der Waals surface area contributed by atoms with Crippen LogP contribution in [-0.2, 0) is 12.8 Å². The zero-order chi connectivity index (χ0) is 11.0. The summed E-state index contributed by atoms with van der Waals surface area (Å²) >= 11 is 2.35. The average molecular weight is 323 g/mol. The van der Waals surface area contributed by atoms with Crippen molar-refractivity contribution >= 4 is 33.5 Å². The Balaban J connectivity index is 2.20. The number of pyridine rings is 1. The molecule has 0 aliphatic heterocycles. The molecule has 1 aliphatic rings. The first-order valence-electron chi connectivity index (χ1n) is 5.91. The van der Waals surface area contributed by atoms with E-state index in [1.54, 1.807) is 0 Å².